The van der Waals surface area contributed by atoms with E-state index >= 15 is 0 Å². The molecule has 2 rings (SSSR count). The predicted molar refractivity (Wildman–Crippen MR) is 93.9 cm³/mol. The molecule has 0 bridgehead atoms. The summed E-state index contributed by atoms with van der Waals surface area (Å²) in [5.41, 5.74) is 1.50. The zero-order chi connectivity index (χ0) is 16.7. The van der Waals surface area contributed by atoms with Crippen LogP contribution in [0.1, 0.15) is 22.0 Å². The van der Waals surface area contributed by atoms with Crippen molar-refractivity contribution < 1.29 is 4.79 Å². The zero-order valence-corrected chi connectivity index (χ0v) is 14.0. The minimum Gasteiger partial charge on any atom is -0.351 e. The van der Waals surface area contributed by atoms with Gasteiger partial charge in [0.15, 0.2) is 0 Å². The number of benzene rings is 1. The molecule has 0 aliphatic carbocycles. The first-order chi connectivity index (χ1) is 11.1. The van der Waals surface area contributed by atoms with E-state index in [2.05, 4.69) is 22.4 Å². The van der Waals surface area contributed by atoms with Crippen LogP contribution in [0.2, 0.25) is 0 Å². The Balaban J connectivity index is 1.91. The summed E-state index contributed by atoms with van der Waals surface area (Å²) in [6, 6.07) is 13.4. The van der Waals surface area contributed by atoms with Crippen molar-refractivity contribution in [2.45, 2.75) is 6.04 Å². The number of nitrogens with zero attached hydrogens (tertiary/aromatic N) is 2. The van der Waals surface area contributed by atoms with Gasteiger partial charge in [-0.25, -0.2) is 0 Å². The van der Waals surface area contributed by atoms with Gasteiger partial charge in [0.25, 0.3) is 0 Å². The number of nitriles is 1. The molecule has 0 saturated heterocycles. The third-order valence-electron chi connectivity index (χ3n) is 3.43. The first-order valence-electron chi connectivity index (χ1n) is 7.26. The Labute approximate surface area is 140 Å². The predicted octanol–water partition coefficient (Wildman–Crippen LogP) is 3.05. The summed E-state index contributed by atoms with van der Waals surface area (Å²) in [6.07, 6.45) is 3.26. The van der Waals surface area contributed by atoms with Crippen molar-refractivity contribution in [2.24, 2.45) is 0 Å². The quantitative estimate of drug-likeness (QED) is 0.831. The van der Waals surface area contributed by atoms with Crippen LogP contribution in [0.25, 0.3) is 6.08 Å². The molecule has 1 unspecified atom stereocenters. The van der Waals surface area contributed by atoms with E-state index in [0.717, 1.165) is 5.56 Å². The fourth-order valence-corrected chi connectivity index (χ4v) is 3.04. The minimum absolute atomic E-state index is 0.127. The summed E-state index contributed by atoms with van der Waals surface area (Å²) < 4.78 is 0. The van der Waals surface area contributed by atoms with Crippen molar-refractivity contribution in [3.63, 3.8) is 0 Å². The molecule has 0 radical (unpaired) electrons. The smallest absolute Gasteiger partial charge is 0.244 e. The van der Waals surface area contributed by atoms with Crippen LogP contribution in [0.5, 0.6) is 0 Å². The van der Waals surface area contributed by atoms with Crippen molar-refractivity contribution in [1.82, 2.24) is 10.2 Å². The van der Waals surface area contributed by atoms with Gasteiger partial charge in [-0.15, -0.1) is 11.3 Å². The number of nitrogens with one attached hydrogen (secondary N) is 1. The molecule has 1 heterocycles. The van der Waals surface area contributed by atoms with Gasteiger partial charge in [-0.3, -0.25) is 4.79 Å². The molecule has 118 valence electrons. The van der Waals surface area contributed by atoms with E-state index in [1.807, 2.05) is 37.7 Å². The topological polar surface area (TPSA) is 56.1 Å². The molecule has 1 N–H and O–H groups in total. The third-order valence-corrected chi connectivity index (χ3v) is 4.41. The molecule has 1 amide bonds. The average molecular weight is 325 g/mol. The summed E-state index contributed by atoms with van der Waals surface area (Å²) in [7, 11) is 4.01. The molecule has 0 spiro atoms. The maximum absolute atomic E-state index is 12.0. The molecule has 0 saturated carbocycles. The van der Waals surface area contributed by atoms with E-state index in [9.17, 15) is 4.79 Å². The highest BCUT2D eigenvalue weighted by molar-refractivity contribution is 7.10. The van der Waals surface area contributed by atoms with E-state index in [1.54, 1.807) is 29.5 Å². The lowest BCUT2D eigenvalue weighted by molar-refractivity contribution is -0.116. The van der Waals surface area contributed by atoms with Crippen molar-refractivity contribution >= 4 is 23.3 Å². The summed E-state index contributed by atoms with van der Waals surface area (Å²) in [5, 5.41) is 13.7. The van der Waals surface area contributed by atoms with E-state index in [1.165, 1.54) is 11.0 Å². The highest BCUT2D eigenvalue weighted by Crippen LogP contribution is 2.22. The number of carbonyl (C=O) groups excluding carboxylic acids is 1. The first kappa shape index (κ1) is 16.9. The Morgan fingerprint density at radius 2 is 2.09 bits per heavy atom. The van der Waals surface area contributed by atoms with Gasteiger partial charge in [0.2, 0.25) is 5.91 Å². The SMILES string of the molecule is CN(C)C(CNC(=O)C=Cc1ccc(C#N)cc1)c1cccs1. The van der Waals surface area contributed by atoms with E-state index in [-0.39, 0.29) is 11.9 Å². The van der Waals surface area contributed by atoms with Crippen molar-refractivity contribution in [2.75, 3.05) is 20.6 Å². The van der Waals surface area contributed by atoms with Gasteiger partial charge < -0.3 is 10.2 Å². The first-order valence-corrected chi connectivity index (χ1v) is 8.14. The molecular weight excluding hydrogens is 306 g/mol. The summed E-state index contributed by atoms with van der Waals surface area (Å²) in [5.74, 6) is -0.127. The van der Waals surface area contributed by atoms with Crippen molar-refractivity contribution in [3.8, 4) is 6.07 Å². The average Bonchev–Trinajstić information content (AvgIpc) is 3.07. The number of hydrogen-bond acceptors (Lipinski definition) is 4. The van der Waals surface area contributed by atoms with Crippen LogP contribution in [0.4, 0.5) is 0 Å². The summed E-state index contributed by atoms with van der Waals surface area (Å²) >= 11 is 1.69. The van der Waals surface area contributed by atoms with Crippen LogP contribution in [0.3, 0.4) is 0 Å². The van der Waals surface area contributed by atoms with Crippen LogP contribution >= 0.6 is 11.3 Å². The molecule has 0 fully saturated rings. The number of amides is 1. The van der Waals surface area contributed by atoms with Crippen LogP contribution in [-0.4, -0.2) is 31.4 Å². The van der Waals surface area contributed by atoms with E-state index in [4.69, 9.17) is 5.26 Å². The number of carbonyl (C=O) groups is 1. The van der Waals surface area contributed by atoms with Gasteiger partial charge in [0.1, 0.15) is 0 Å². The Kier molecular flexibility index (Phi) is 6.10. The highest BCUT2D eigenvalue weighted by atomic mass is 32.1. The molecule has 0 aliphatic heterocycles. The fourth-order valence-electron chi connectivity index (χ4n) is 2.12. The standard InChI is InChI=1S/C18H19N3OS/c1-21(2)16(17-4-3-11-23-17)13-20-18(22)10-9-14-5-7-15(12-19)8-6-14/h3-11,16H,13H2,1-2H3,(H,20,22). The van der Waals surface area contributed by atoms with Crippen molar-refractivity contribution in [3.05, 3.63) is 63.9 Å². The molecule has 1 aromatic heterocycles. The Morgan fingerprint density at radius 3 is 2.65 bits per heavy atom. The Hall–Kier alpha value is -2.42. The molecule has 4 nitrogen and oxygen atoms in total. The molecule has 23 heavy (non-hydrogen) atoms. The normalized spacial score (nSPS) is 12.3. The lowest BCUT2D eigenvalue weighted by Gasteiger charge is -2.23. The lowest BCUT2D eigenvalue weighted by atomic mass is 10.1. The van der Waals surface area contributed by atoms with Gasteiger partial charge in [-0.1, -0.05) is 18.2 Å². The number of likely N-dealkylation sites (N-methyl/N-ethyl adjacent to an activating group) is 1. The Morgan fingerprint density at radius 1 is 1.35 bits per heavy atom. The molecule has 0 aliphatic rings. The second-order valence-electron chi connectivity index (χ2n) is 5.31. The molecule has 5 heteroatoms. The van der Waals surface area contributed by atoms with E-state index in [0.29, 0.717) is 12.1 Å². The lowest BCUT2D eigenvalue weighted by Crippen LogP contribution is -2.33. The number of rotatable bonds is 6. The number of thiophene rings is 1. The monoisotopic (exact) mass is 325 g/mol. The maximum Gasteiger partial charge on any atom is 0.244 e. The third kappa shape index (κ3) is 5.06. The number of hydrogen-bond donors (Lipinski definition) is 1. The maximum atomic E-state index is 12.0. The van der Waals surface area contributed by atoms with Gasteiger partial charge in [-0.05, 0) is 49.3 Å². The molecule has 1 aromatic carbocycles. The van der Waals surface area contributed by atoms with Crippen LogP contribution < -0.4 is 5.32 Å². The van der Waals surface area contributed by atoms with Crippen LogP contribution in [0.15, 0.2) is 47.9 Å². The van der Waals surface area contributed by atoms with Crippen LogP contribution in [0, 0.1) is 11.3 Å². The highest BCUT2D eigenvalue weighted by Gasteiger charge is 2.15. The molecule has 2 aromatic rings. The van der Waals surface area contributed by atoms with E-state index < -0.39 is 0 Å². The largest absolute Gasteiger partial charge is 0.351 e. The second-order valence-corrected chi connectivity index (χ2v) is 6.29. The van der Waals surface area contributed by atoms with Gasteiger partial charge in [0.05, 0.1) is 17.7 Å². The van der Waals surface area contributed by atoms with Gasteiger partial charge in [-0.2, -0.15) is 5.26 Å². The summed E-state index contributed by atoms with van der Waals surface area (Å²) in [4.78, 5) is 15.3. The van der Waals surface area contributed by atoms with Gasteiger partial charge >= 0.3 is 0 Å². The second kappa shape index (κ2) is 8.28. The fraction of sp³-hybridized carbons (Fsp3) is 0.222. The molecule has 1 atom stereocenters. The van der Waals surface area contributed by atoms with Gasteiger partial charge in [0, 0.05) is 17.5 Å². The molecular formula is C18H19N3OS. The summed E-state index contributed by atoms with van der Waals surface area (Å²) in [6.45, 7) is 0.560. The Bertz CT molecular complexity index is 697. The zero-order valence-electron chi connectivity index (χ0n) is 13.2. The van der Waals surface area contributed by atoms with Crippen LogP contribution in [-0.2, 0) is 4.79 Å². The van der Waals surface area contributed by atoms with Crippen molar-refractivity contribution in [1.29, 1.82) is 5.26 Å². The minimum atomic E-state index is -0.127.